The van der Waals surface area contributed by atoms with Crippen molar-refractivity contribution in [1.82, 2.24) is 10.0 Å². The maximum absolute atomic E-state index is 12.3. The van der Waals surface area contributed by atoms with Crippen LogP contribution in [0.1, 0.15) is 37.5 Å². The van der Waals surface area contributed by atoms with E-state index in [1.807, 2.05) is 6.07 Å². The SMILES string of the molecule is CC(CNS(=O)(=O)c1ccc(CCNC2CC2)s1)C1CC1. The van der Waals surface area contributed by atoms with E-state index in [-0.39, 0.29) is 0 Å². The van der Waals surface area contributed by atoms with Crippen LogP contribution in [0.4, 0.5) is 0 Å². The van der Waals surface area contributed by atoms with Gasteiger partial charge in [0.2, 0.25) is 10.0 Å². The van der Waals surface area contributed by atoms with E-state index in [0.29, 0.717) is 22.7 Å². The largest absolute Gasteiger partial charge is 0.314 e. The van der Waals surface area contributed by atoms with Crippen molar-refractivity contribution in [3.05, 3.63) is 17.0 Å². The van der Waals surface area contributed by atoms with Gasteiger partial charge in [0.15, 0.2) is 0 Å². The second-order valence-electron chi connectivity index (χ2n) is 6.37. The smallest absolute Gasteiger partial charge is 0.250 e. The lowest BCUT2D eigenvalue weighted by Crippen LogP contribution is -2.28. The van der Waals surface area contributed by atoms with Gasteiger partial charge in [-0.1, -0.05) is 6.92 Å². The highest BCUT2D eigenvalue weighted by Crippen LogP contribution is 2.36. The standard InChI is InChI=1S/C15H24N2O2S2/c1-11(12-2-3-12)10-17-21(18,19)15-7-6-14(20-15)8-9-16-13-4-5-13/h6-7,11-13,16-17H,2-5,8-10H2,1H3. The van der Waals surface area contributed by atoms with Crippen LogP contribution in [0, 0.1) is 11.8 Å². The average molecular weight is 329 g/mol. The fourth-order valence-corrected chi connectivity index (χ4v) is 5.01. The van der Waals surface area contributed by atoms with Crippen LogP contribution in [0.3, 0.4) is 0 Å². The molecule has 2 saturated carbocycles. The predicted octanol–water partition coefficient (Wildman–Crippen LogP) is 2.37. The number of thiophene rings is 1. The molecule has 6 heteroatoms. The van der Waals surface area contributed by atoms with Gasteiger partial charge >= 0.3 is 0 Å². The predicted molar refractivity (Wildman–Crippen MR) is 86.1 cm³/mol. The summed E-state index contributed by atoms with van der Waals surface area (Å²) in [5, 5.41) is 3.45. The van der Waals surface area contributed by atoms with E-state index < -0.39 is 10.0 Å². The van der Waals surface area contributed by atoms with Crippen LogP contribution in [0.5, 0.6) is 0 Å². The van der Waals surface area contributed by atoms with Crippen molar-refractivity contribution in [3.8, 4) is 0 Å². The van der Waals surface area contributed by atoms with E-state index in [9.17, 15) is 8.42 Å². The van der Waals surface area contributed by atoms with Gasteiger partial charge in [-0.05, 0) is 56.1 Å². The van der Waals surface area contributed by atoms with Crippen molar-refractivity contribution in [2.75, 3.05) is 13.1 Å². The summed E-state index contributed by atoms with van der Waals surface area (Å²) < 4.78 is 27.7. The normalized spacial score (nSPS) is 20.6. The number of hydrogen-bond donors (Lipinski definition) is 2. The first-order valence-electron chi connectivity index (χ1n) is 7.86. The summed E-state index contributed by atoms with van der Waals surface area (Å²) in [5.41, 5.74) is 0. The highest BCUT2D eigenvalue weighted by Gasteiger charge is 2.29. The van der Waals surface area contributed by atoms with E-state index in [1.165, 1.54) is 37.0 Å². The molecule has 0 radical (unpaired) electrons. The monoisotopic (exact) mass is 328 g/mol. The van der Waals surface area contributed by atoms with Gasteiger partial charge in [-0.2, -0.15) is 0 Å². The molecule has 0 aromatic carbocycles. The Balaban J connectivity index is 1.50. The molecule has 2 aliphatic rings. The van der Waals surface area contributed by atoms with Crippen molar-refractivity contribution in [2.45, 2.75) is 49.3 Å². The Kier molecular flexibility index (Phi) is 4.69. The topological polar surface area (TPSA) is 58.2 Å². The minimum absolute atomic E-state index is 0.446. The highest BCUT2D eigenvalue weighted by molar-refractivity contribution is 7.91. The zero-order valence-electron chi connectivity index (χ0n) is 12.5. The van der Waals surface area contributed by atoms with Crippen molar-refractivity contribution >= 4 is 21.4 Å². The van der Waals surface area contributed by atoms with Crippen molar-refractivity contribution in [3.63, 3.8) is 0 Å². The van der Waals surface area contributed by atoms with Crippen molar-refractivity contribution in [2.24, 2.45) is 11.8 Å². The molecule has 2 N–H and O–H groups in total. The first-order chi connectivity index (χ1) is 10.0. The molecule has 0 aliphatic heterocycles. The lowest BCUT2D eigenvalue weighted by Gasteiger charge is -2.10. The van der Waals surface area contributed by atoms with E-state index >= 15 is 0 Å². The summed E-state index contributed by atoms with van der Waals surface area (Å²) in [5.74, 6) is 1.17. The number of nitrogens with one attached hydrogen (secondary N) is 2. The molecule has 1 atom stereocenters. The molecular formula is C15H24N2O2S2. The van der Waals surface area contributed by atoms with Crippen LogP contribution in [0.25, 0.3) is 0 Å². The lowest BCUT2D eigenvalue weighted by molar-refractivity contribution is 0.492. The minimum Gasteiger partial charge on any atom is -0.314 e. The van der Waals surface area contributed by atoms with Crippen LogP contribution in [-0.4, -0.2) is 27.5 Å². The molecule has 4 nitrogen and oxygen atoms in total. The maximum atomic E-state index is 12.3. The number of rotatable bonds is 9. The molecule has 3 rings (SSSR count). The van der Waals surface area contributed by atoms with Crippen LogP contribution in [-0.2, 0) is 16.4 Å². The van der Waals surface area contributed by atoms with Gasteiger partial charge in [0, 0.05) is 24.0 Å². The van der Waals surface area contributed by atoms with Gasteiger partial charge < -0.3 is 5.32 Å². The Morgan fingerprint density at radius 2 is 2.05 bits per heavy atom. The highest BCUT2D eigenvalue weighted by atomic mass is 32.2. The molecular weight excluding hydrogens is 304 g/mol. The first kappa shape index (κ1) is 15.5. The van der Waals surface area contributed by atoms with Crippen LogP contribution in [0.15, 0.2) is 16.3 Å². The van der Waals surface area contributed by atoms with E-state index in [0.717, 1.165) is 23.8 Å². The molecule has 1 aromatic heterocycles. The zero-order chi connectivity index (χ0) is 14.9. The molecule has 118 valence electrons. The van der Waals surface area contributed by atoms with Crippen LogP contribution in [0.2, 0.25) is 0 Å². The molecule has 0 bridgehead atoms. The molecule has 2 aliphatic carbocycles. The second-order valence-corrected chi connectivity index (χ2v) is 9.53. The third kappa shape index (κ3) is 4.52. The summed E-state index contributed by atoms with van der Waals surface area (Å²) >= 11 is 1.40. The Morgan fingerprint density at radius 3 is 2.71 bits per heavy atom. The fourth-order valence-electron chi connectivity index (χ4n) is 2.47. The van der Waals surface area contributed by atoms with E-state index in [4.69, 9.17) is 0 Å². The van der Waals surface area contributed by atoms with Gasteiger partial charge in [0.25, 0.3) is 0 Å². The third-order valence-corrected chi connectivity index (χ3v) is 7.37. The molecule has 0 saturated heterocycles. The Morgan fingerprint density at radius 1 is 1.29 bits per heavy atom. The summed E-state index contributed by atoms with van der Waals surface area (Å²) in [6.07, 6.45) is 5.98. The summed E-state index contributed by atoms with van der Waals surface area (Å²) in [6.45, 7) is 3.63. The maximum Gasteiger partial charge on any atom is 0.250 e. The average Bonchev–Trinajstić information content (AvgIpc) is 3.36. The molecule has 1 heterocycles. The van der Waals surface area contributed by atoms with Crippen LogP contribution >= 0.6 is 11.3 Å². The number of hydrogen-bond acceptors (Lipinski definition) is 4. The second kappa shape index (κ2) is 6.36. The lowest BCUT2D eigenvalue weighted by atomic mass is 10.1. The molecule has 0 spiro atoms. The third-order valence-electron chi connectivity index (χ3n) is 4.31. The van der Waals surface area contributed by atoms with Gasteiger partial charge in [-0.25, -0.2) is 13.1 Å². The quantitative estimate of drug-likeness (QED) is 0.732. The summed E-state index contributed by atoms with van der Waals surface area (Å²) in [7, 11) is -3.32. The molecule has 1 unspecified atom stereocenters. The molecule has 2 fully saturated rings. The van der Waals surface area contributed by atoms with E-state index in [2.05, 4.69) is 17.0 Å². The van der Waals surface area contributed by atoms with Gasteiger partial charge in [0.05, 0.1) is 0 Å². The van der Waals surface area contributed by atoms with Crippen molar-refractivity contribution < 1.29 is 8.42 Å². The Labute approximate surface area is 131 Å². The van der Waals surface area contributed by atoms with Gasteiger partial charge in [-0.15, -0.1) is 11.3 Å². The molecule has 0 amide bonds. The minimum atomic E-state index is -3.32. The summed E-state index contributed by atoms with van der Waals surface area (Å²) in [6, 6.07) is 4.39. The molecule has 1 aromatic rings. The molecule has 21 heavy (non-hydrogen) atoms. The van der Waals surface area contributed by atoms with Crippen molar-refractivity contribution in [1.29, 1.82) is 0 Å². The van der Waals surface area contributed by atoms with Gasteiger partial charge in [0.1, 0.15) is 4.21 Å². The Hall–Kier alpha value is -0.430. The van der Waals surface area contributed by atoms with Gasteiger partial charge in [-0.3, -0.25) is 0 Å². The van der Waals surface area contributed by atoms with Crippen LogP contribution < -0.4 is 10.0 Å². The Bertz CT molecular complexity index is 574. The summed E-state index contributed by atoms with van der Waals surface area (Å²) in [4.78, 5) is 1.14. The first-order valence-corrected chi connectivity index (χ1v) is 10.2. The zero-order valence-corrected chi connectivity index (χ0v) is 14.1. The van der Waals surface area contributed by atoms with E-state index in [1.54, 1.807) is 6.07 Å². The number of sulfonamides is 1. The fraction of sp³-hybridized carbons (Fsp3) is 0.733.